The Morgan fingerprint density at radius 3 is 2.65 bits per heavy atom. The molecule has 0 atom stereocenters. The normalized spacial score (nSPS) is 11.3. The van der Waals surface area contributed by atoms with Gasteiger partial charge in [-0.3, -0.25) is 4.79 Å². The number of fused-ring (bicyclic) bond motifs is 1. The lowest BCUT2D eigenvalue weighted by atomic mass is 10.2. The molecule has 0 bridgehead atoms. The van der Waals surface area contributed by atoms with Gasteiger partial charge in [-0.25, -0.2) is 4.68 Å². The maximum atomic E-state index is 12.6. The van der Waals surface area contributed by atoms with Gasteiger partial charge in [0, 0.05) is 35.9 Å². The quantitative estimate of drug-likeness (QED) is 0.450. The van der Waals surface area contributed by atoms with E-state index in [0.717, 1.165) is 42.8 Å². The van der Waals surface area contributed by atoms with Crippen LogP contribution in [0, 0.1) is 0 Å². The van der Waals surface area contributed by atoms with Crippen molar-refractivity contribution in [2.75, 3.05) is 25.0 Å². The summed E-state index contributed by atoms with van der Waals surface area (Å²) in [6.45, 7) is 9.03. The van der Waals surface area contributed by atoms with Crippen LogP contribution in [0.15, 0.2) is 67.0 Å². The second-order valence-corrected chi connectivity index (χ2v) is 7.55. The smallest absolute Gasteiger partial charge is 0.277 e. The average molecular weight is 417 g/mol. The highest BCUT2D eigenvalue weighted by Gasteiger charge is 2.12. The topological polar surface area (TPSA) is 68.0 Å². The van der Waals surface area contributed by atoms with Crippen LogP contribution in [-0.2, 0) is 13.1 Å². The van der Waals surface area contributed by atoms with E-state index in [-0.39, 0.29) is 5.91 Å². The number of likely N-dealkylation sites (N-methyl/N-ethyl adjacent to an activating group) is 1. The number of carbonyl (C=O) groups is 1. The first-order valence-electron chi connectivity index (χ1n) is 10.7. The highest BCUT2D eigenvalue weighted by Crippen LogP contribution is 2.21. The summed E-state index contributed by atoms with van der Waals surface area (Å²) in [5.41, 5.74) is 3.32. The number of hydrogen-bond donors (Lipinski definition) is 1. The maximum absolute atomic E-state index is 12.6. The minimum Gasteiger partial charge on any atom is -0.346 e. The number of aromatic nitrogens is 4. The molecule has 0 unspecified atom stereocenters. The van der Waals surface area contributed by atoms with Gasteiger partial charge < -0.3 is 14.8 Å². The maximum Gasteiger partial charge on any atom is 0.277 e. The molecule has 2 aromatic heterocycles. The van der Waals surface area contributed by atoms with Gasteiger partial charge in [0.1, 0.15) is 0 Å². The summed E-state index contributed by atoms with van der Waals surface area (Å²) >= 11 is 0. The summed E-state index contributed by atoms with van der Waals surface area (Å²) in [6.07, 6.45) is 3.78. The predicted octanol–water partition coefficient (Wildman–Crippen LogP) is 3.88. The van der Waals surface area contributed by atoms with Crippen LogP contribution in [0.25, 0.3) is 10.9 Å². The molecule has 1 N–H and O–H groups in total. The molecule has 0 fully saturated rings. The number of benzene rings is 2. The Hall–Kier alpha value is -3.45. The molecule has 0 saturated heterocycles. The van der Waals surface area contributed by atoms with E-state index in [1.54, 1.807) is 10.9 Å². The van der Waals surface area contributed by atoms with Crippen LogP contribution in [-0.4, -0.2) is 50.0 Å². The highest BCUT2D eigenvalue weighted by atomic mass is 16.2. The van der Waals surface area contributed by atoms with E-state index < -0.39 is 0 Å². The fraction of sp³-hybridized carbons (Fsp3) is 0.292. The van der Waals surface area contributed by atoms with Crippen molar-refractivity contribution in [3.8, 4) is 0 Å². The van der Waals surface area contributed by atoms with Gasteiger partial charge in [0.25, 0.3) is 5.91 Å². The van der Waals surface area contributed by atoms with Crippen molar-refractivity contribution in [3.05, 3.63) is 78.2 Å². The molecule has 0 spiro atoms. The molecule has 7 nitrogen and oxygen atoms in total. The molecule has 0 saturated carbocycles. The zero-order chi connectivity index (χ0) is 21.6. The SMILES string of the molecule is CCN(CC)CCn1ccc2cc(NC(=O)c3cn(Cc4ccccc4)nn3)ccc21. The summed E-state index contributed by atoms with van der Waals surface area (Å²) in [4.78, 5) is 15.0. The molecule has 4 aromatic rings. The van der Waals surface area contributed by atoms with Crippen molar-refractivity contribution in [1.29, 1.82) is 0 Å². The molecule has 0 aliphatic heterocycles. The Bertz CT molecular complexity index is 1140. The van der Waals surface area contributed by atoms with Crippen LogP contribution >= 0.6 is 0 Å². The van der Waals surface area contributed by atoms with E-state index in [1.165, 1.54) is 5.52 Å². The van der Waals surface area contributed by atoms with Gasteiger partial charge in [-0.05, 0) is 42.9 Å². The summed E-state index contributed by atoms with van der Waals surface area (Å²) in [5.74, 6) is -0.264. The monoisotopic (exact) mass is 416 g/mol. The Kier molecular flexibility index (Phi) is 6.43. The summed E-state index contributed by atoms with van der Waals surface area (Å²) in [6, 6.07) is 18.0. The van der Waals surface area contributed by atoms with Crippen LogP contribution in [0.2, 0.25) is 0 Å². The van der Waals surface area contributed by atoms with Crippen LogP contribution in [0.5, 0.6) is 0 Å². The molecule has 2 heterocycles. The molecule has 0 aliphatic carbocycles. The number of carbonyl (C=O) groups excluding carboxylic acids is 1. The van der Waals surface area contributed by atoms with Crippen LogP contribution in [0.1, 0.15) is 29.9 Å². The van der Waals surface area contributed by atoms with Crippen molar-refractivity contribution in [3.63, 3.8) is 0 Å². The Balaban J connectivity index is 1.41. The van der Waals surface area contributed by atoms with Crippen molar-refractivity contribution >= 4 is 22.5 Å². The molecule has 31 heavy (non-hydrogen) atoms. The first-order chi connectivity index (χ1) is 15.2. The van der Waals surface area contributed by atoms with Crippen LogP contribution in [0.3, 0.4) is 0 Å². The lowest BCUT2D eigenvalue weighted by molar-refractivity contribution is 0.102. The highest BCUT2D eigenvalue weighted by molar-refractivity contribution is 6.03. The van der Waals surface area contributed by atoms with Crippen molar-refractivity contribution < 1.29 is 4.79 Å². The Labute approximate surface area is 182 Å². The third-order valence-electron chi connectivity index (χ3n) is 5.54. The van der Waals surface area contributed by atoms with Gasteiger partial charge in [0.2, 0.25) is 0 Å². The number of rotatable bonds is 9. The minimum atomic E-state index is -0.264. The number of hydrogen-bond acceptors (Lipinski definition) is 4. The third-order valence-corrected chi connectivity index (χ3v) is 5.54. The molecule has 0 radical (unpaired) electrons. The van der Waals surface area contributed by atoms with E-state index in [9.17, 15) is 4.79 Å². The van der Waals surface area contributed by atoms with E-state index in [4.69, 9.17) is 0 Å². The zero-order valence-electron chi connectivity index (χ0n) is 18.0. The lowest BCUT2D eigenvalue weighted by Gasteiger charge is -2.18. The summed E-state index contributed by atoms with van der Waals surface area (Å²) in [5, 5.41) is 12.1. The standard InChI is InChI=1S/C24H28N6O/c1-3-28(4-2)14-15-29-13-12-20-16-21(10-11-23(20)29)25-24(31)22-18-30(27-26-22)17-19-8-6-5-7-9-19/h5-13,16,18H,3-4,14-15,17H2,1-2H3,(H,25,31). The van der Waals surface area contributed by atoms with Gasteiger partial charge in [-0.2, -0.15) is 0 Å². The Morgan fingerprint density at radius 2 is 1.87 bits per heavy atom. The van der Waals surface area contributed by atoms with E-state index >= 15 is 0 Å². The fourth-order valence-electron chi connectivity index (χ4n) is 3.71. The molecule has 7 heteroatoms. The molecule has 160 valence electrons. The second kappa shape index (κ2) is 9.57. The van der Waals surface area contributed by atoms with Crippen molar-refractivity contribution in [2.45, 2.75) is 26.9 Å². The van der Waals surface area contributed by atoms with Crippen molar-refractivity contribution in [2.24, 2.45) is 0 Å². The molecule has 2 aromatic carbocycles. The molecular formula is C24H28N6O. The molecule has 0 aliphatic rings. The van der Waals surface area contributed by atoms with Gasteiger partial charge in [-0.15, -0.1) is 5.10 Å². The number of amides is 1. The van der Waals surface area contributed by atoms with Crippen molar-refractivity contribution in [1.82, 2.24) is 24.5 Å². The van der Waals surface area contributed by atoms with Gasteiger partial charge in [-0.1, -0.05) is 49.4 Å². The molecule has 1 amide bonds. The summed E-state index contributed by atoms with van der Waals surface area (Å²) in [7, 11) is 0. The average Bonchev–Trinajstić information content (AvgIpc) is 3.42. The Morgan fingerprint density at radius 1 is 1.06 bits per heavy atom. The second-order valence-electron chi connectivity index (χ2n) is 7.55. The molecule has 4 rings (SSSR count). The first kappa shape index (κ1) is 20.8. The van der Waals surface area contributed by atoms with E-state index in [2.05, 4.69) is 57.3 Å². The largest absolute Gasteiger partial charge is 0.346 e. The molecular weight excluding hydrogens is 388 g/mol. The number of nitrogens with one attached hydrogen (secondary N) is 1. The number of nitrogens with zero attached hydrogens (tertiary/aromatic N) is 5. The van der Waals surface area contributed by atoms with E-state index in [0.29, 0.717) is 12.2 Å². The fourth-order valence-corrected chi connectivity index (χ4v) is 3.71. The van der Waals surface area contributed by atoms with Crippen LogP contribution in [0.4, 0.5) is 5.69 Å². The van der Waals surface area contributed by atoms with E-state index in [1.807, 2.05) is 42.5 Å². The number of anilines is 1. The predicted molar refractivity (Wildman–Crippen MR) is 123 cm³/mol. The van der Waals surface area contributed by atoms with Gasteiger partial charge >= 0.3 is 0 Å². The van der Waals surface area contributed by atoms with Gasteiger partial charge in [0.05, 0.1) is 12.7 Å². The zero-order valence-corrected chi connectivity index (χ0v) is 18.0. The van der Waals surface area contributed by atoms with Crippen LogP contribution < -0.4 is 5.32 Å². The third kappa shape index (κ3) is 5.00. The minimum absolute atomic E-state index is 0.264. The first-order valence-corrected chi connectivity index (χ1v) is 10.7. The lowest BCUT2D eigenvalue weighted by Crippen LogP contribution is -2.26. The summed E-state index contributed by atoms with van der Waals surface area (Å²) < 4.78 is 3.93. The van der Waals surface area contributed by atoms with Gasteiger partial charge in [0.15, 0.2) is 5.69 Å².